The number of para-hydroxylation sites is 2. The van der Waals surface area contributed by atoms with E-state index in [1.54, 1.807) is 18.2 Å². The number of carbonyl (C=O) groups excluding carboxylic acids is 1. The normalized spacial score (nSPS) is 14.6. The van der Waals surface area contributed by atoms with Crippen LogP contribution in [-0.2, 0) is 16.0 Å². The molecule has 0 aliphatic carbocycles. The fraction of sp³-hybridized carbons (Fsp3) is 0.306. The summed E-state index contributed by atoms with van der Waals surface area (Å²) >= 11 is 0. The van der Waals surface area contributed by atoms with E-state index in [4.69, 9.17) is 28.4 Å². The van der Waals surface area contributed by atoms with Crippen molar-refractivity contribution in [1.29, 1.82) is 0 Å². The summed E-state index contributed by atoms with van der Waals surface area (Å²) in [6, 6.07) is 28.9. The molecule has 8 nitrogen and oxygen atoms in total. The monoisotopic (exact) mass is 597 g/mol. The molecule has 0 bridgehead atoms. The number of benzene rings is 4. The van der Waals surface area contributed by atoms with E-state index in [9.17, 15) is 4.79 Å². The van der Waals surface area contributed by atoms with Gasteiger partial charge in [0, 0.05) is 30.4 Å². The second-order valence-electron chi connectivity index (χ2n) is 10.4. The predicted octanol–water partition coefficient (Wildman–Crippen LogP) is 6.12. The van der Waals surface area contributed by atoms with Crippen LogP contribution < -0.4 is 23.8 Å². The van der Waals surface area contributed by atoms with Gasteiger partial charge in [-0.3, -0.25) is 4.79 Å². The lowest BCUT2D eigenvalue weighted by Gasteiger charge is -2.20. The Morgan fingerprint density at radius 2 is 1.09 bits per heavy atom. The van der Waals surface area contributed by atoms with Gasteiger partial charge in [-0.25, -0.2) is 0 Å². The molecule has 0 fully saturated rings. The second kappa shape index (κ2) is 15.8. The number of nitrogens with zero attached hydrogens (tertiary/aromatic N) is 1. The molecule has 5 rings (SSSR count). The number of anilines is 1. The van der Waals surface area contributed by atoms with Crippen LogP contribution in [0, 0.1) is 6.92 Å². The fourth-order valence-corrected chi connectivity index (χ4v) is 4.71. The van der Waals surface area contributed by atoms with E-state index in [2.05, 4.69) is 36.1 Å². The molecule has 0 unspecified atom stereocenters. The average Bonchev–Trinajstić information content (AvgIpc) is 3.05. The second-order valence-corrected chi connectivity index (χ2v) is 10.4. The highest BCUT2D eigenvalue weighted by atomic mass is 16.6. The molecule has 0 spiro atoms. The van der Waals surface area contributed by atoms with Crippen LogP contribution in [0.1, 0.15) is 27.0 Å². The molecule has 1 heterocycles. The minimum Gasteiger partial charge on any atom is -0.487 e. The van der Waals surface area contributed by atoms with Crippen LogP contribution in [0.15, 0.2) is 91.0 Å². The van der Waals surface area contributed by atoms with Crippen molar-refractivity contribution < 1.29 is 33.2 Å². The van der Waals surface area contributed by atoms with Crippen molar-refractivity contribution in [3.8, 4) is 23.0 Å². The van der Waals surface area contributed by atoms with Gasteiger partial charge in [-0.15, -0.1) is 0 Å². The Balaban J connectivity index is 1.21. The quantitative estimate of drug-likeness (QED) is 0.255. The Kier molecular flexibility index (Phi) is 11.1. The lowest BCUT2D eigenvalue weighted by molar-refractivity contribution is 0.0640. The van der Waals surface area contributed by atoms with Gasteiger partial charge in [0.1, 0.15) is 26.4 Å². The first-order chi connectivity index (χ1) is 21.6. The lowest BCUT2D eigenvalue weighted by atomic mass is 10.0. The van der Waals surface area contributed by atoms with Crippen molar-refractivity contribution in [2.45, 2.75) is 13.5 Å². The number of ketones is 1. The number of carbonyl (C=O) groups is 1. The summed E-state index contributed by atoms with van der Waals surface area (Å²) in [5, 5.41) is 0. The largest absolute Gasteiger partial charge is 0.487 e. The van der Waals surface area contributed by atoms with Gasteiger partial charge in [-0.05, 0) is 67.1 Å². The van der Waals surface area contributed by atoms with Gasteiger partial charge >= 0.3 is 0 Å². The van der Waals surface area contributed by atoms with Gasteiger partial charge in [-0.2, -0.15) is 0 Å². The molecule has 0 amide bonds. The molecule has 1 aliphatic rings. The third kappa shape index (κ3) is 8.75. The topological polar surface area (TPSA) is 75.7 Å². The highest BCUT2D eigenvalue weighted by Gasteiger charge is 2.15. The summed E-state index contributed by atoms with van der Waals surface area (Å²) in [7, 11) is 2.04. The van der Waals surface area contributed by atoms with Crippen LogP contribution in [0.5, 0.6) is 23.0 Å². The maximum Gasteiger partial charge on any atom is 0.193 e. The van der Waals surface area contributed by atoms with Crippen molar-refractivity contribution in [2.75, 3.05) is 64.8 Å². The third-order valence-corrected chi connectivity index (χ3v) is 7.11. The number of hydrogen-bond donors (Lipinski definition) is 0. The Labute approximate surface area is 259 Å². The molecular weight excluding hydrogens is 558 g/mol. The Hall–Kier alpha value is -4.53. The van der Waals surface area contributed by atoms with E-state index in [1.165, 1.54) is 11.1 Å². The van der Waals surface area contributed by atoms with Crippen molar-refractivity contribution in [3.63, 3.8) is 0 Å². The molecule has 0 saturated heterocycles. The fourth-order valence-electron chi connectivity index (χ4n) is 4.71. The maximum absolute atomic E-state index is 13.4. The van der Waals surface area contributed by atoms with Gasteiger partial charge in [0.05, 0.1) is 26.4 Å². The van der Waals surface area contributed by atoms with Crippen LogP contribution in [0.2, 0.25) is 0 Å². The number of fused-ring (bicyclic) bond motifs is 2. The summed E-state index contributed by atoms with van der Waals surface area (Å²) < 4.78 is 35.0. The first-order valence-corrected chi connectivity index (χ1v) is 14.9. The molecule has 1 aliphatic heterocycles. The Morgan fingerprint density at radius 1 is 0.591 bits per heavy atom. The Morgan fingerprint density at radius 3 is 1.66 bits per heavy atom. The van der Waals surface area contributed by atoms with Gasteiger partial charge in [0.25, 0.3) is 0 Å². The van der Waals surface area contributed by atoms with Crippen LogP contribution >= 0.6 is 0 Å². The zero-order chi connectivity index (χ0) is 30.6. The van der Waals surface area contributed by atoms with E-state index in [1.807, 2.05) is 55.6 Å². The van der Waals surface area contributed by atoms with E-state index in [0.717, 1.165) is 12.2 Å². The zero-order valence-corrected chi connectivity index (χ0v) is 25.3. The molecule has 0 saturated carbocycles. The minimum atomic E-state index is -0.0967. The van der Waals surface area contributed by atoms with Crippen molar-refractivity contribution >= 4 is 11.5 Å². The van der Waals surface area contributed by atoms with Crippen LogP contribution in [-0.4, -0.2) is 65.7 Å². The number of hydrogen-bond acceptors (Lipinski definition) is 8. The molecular formula is C36H39NO7. The molecule has 44 heavy (non-hydrogen) atoms. The molecule has 4 aromatic rings. The molecule has 4 aromatic carbocycles. The van der Waals surface area contributed by atoms with Crippen LogP contribution in [0.3, 0.4) is 0 Å². The zero-order valence-electron chi connectivity index (χ0n) is 25.3. The van der Waals surface area contributed by atoms with Crippen molar-refractivity contribution in [1.82, 2.24) is 0 Å². The van der Waals surface area contributed by atoms with Gasteiger partial charge in [0.15, 0.2) is 28.8 Å². The average molecular weight is 598 g/mol. The number of rotatable bonds is 5. The highest BCUT2D eigenvalue weighted by molar-refractivity contribution is 6.09. The molecule has 8 heteroatoms. The smallest absolute Gasteiger partial charge is 0.193 e. The first kappa shape index (κ1) is 30.9. The highest BCUT2D eigenvalue weighted by Crippen LogP contribution is 2.30. The standard InChI is InChI=1S/C36H39NO7/c1-27-7-9-28(10-8-27)26-37(2)31-14-11-29(12-15-31)36(38)30-13-16-34-35(25-30)44-24-20-40-18-22-42-33-6-4-3-5-32(33)41-21-17-39-19-23-43-34/h3-16,25H,17-24,26H2,1-2H3. The molecule has 0 radical (unpaired) electrons. The Bertz CT molecular complexity index is 1490. The minimum absolute atomic E-state index is 0.0967. The summed E-state index contributed by atoms with van der Waals surface area (Å²) in [6.07, 6.45) is 0. The summed E-state index contributed by atoms with van der Waals surface area (Å²) in [6.45, 7) is 5.72. The van der Waals surface area contributed by atoms with Crippen LogP contribution in [0.25, 0.3) is 0 Å². The van der Waals surface area contributed by atoms with E-state index < -0.39 is 0 Å². The predicted molar refractivity (Wildman–Crippen MR) is 170 cm³/mol. The van der Waals surface area contributed by atoms with Gasteiger partial charge in [-0.1, -0.05) is 42.0 Å². The van der Waals surface area contributed by atoms with Crippen LogP contribution in [0.4, 0.5) is 5.69 Å². The summed E-state index contributed by atoms with van der Waals surface area (Å²) in [5.41, 5.74) is 4.61. The SMILES string of the molecule is Cc1ccc(CN(C)c2ccc(C(=O)c3ccc4c(c3)OCCOCCOc3ccccc3OCCOCCO4)cc2)cc1. The van der Waals surface area contributed by atoms with Gasteiger partial charge < -0.3 is 33.3 Å². The maximum atomic E-state index is 13.4. The molecule has 0 atom stereocenters. The van der Waals surface area contributed by atoms with Gasteiger partial charge in [0.2, 0.25) is 0 Å². The van der Waals surface area contributed by atoms with E-state index in [-0.39, 0.29) is 12.4 Å². The van der Waals surface area contributed by atoms with E-state index >= 15 is 0 Å². The van der Waals surface area contributed by atoms with Crippen molar-refractivity contribution in [3.05, 3.63) is 113 Å². The summed E-state index contributed by atoms with van der Waals surface area (Å²) in [4.78, 5) is 15.6. The van der Waals surface area contributed by atoms with E-state index in [0.29, 0.717) is 80.4 Å². The first-order valence-electron chi connectivity index (χ1n) is 14.9. The molecule has 230 valence electrons. The molecule has 0 aromatic heterocycles. The van der Waals surface area contributed by atoms with Crippen molar-refractivity contribution in [2.24, 2.45) is 0 Å². The number of aryl methyl sites for hydroxylation is 1. The number of ether oxygens (including phenoxy) is 6. The lowest BCUT2D eigenvalue weighted by Crippen LogP contribution is -2.16. The molecule has 0 N–H and O–H groups in total. The third-order valence-electron chi connectivity index (χ3n) is 7.11. The summed E-state index contributed by atoms with van der Waals surface area (Å²) in [5.74, 6) is 2.24.